The average Bonchev–Trinajstić information content (AvgIpc) is 3.26. The fourth-order valence-corrected chi connectivity index (χ4v) is 5.10. The van der Waals surface area contributed by atoms with Crippen LogP contribution < -0.4 is 4.74 Å². The monoisotopic (exact) mass is 452 g/mol. The molecule has 0 radical (unpaired) electrons. The summed E-state index contributed by atoms with van der Waals surface area (Å²) in [6.07, 6.45) is 10.7. The van der Waals surface area contributed by atoms with Crippen LogP contribution in [0.1, 0.15) is 78.6 Å². The molecular weight excluding hydrogens is 416 g/mol. The first kappa shape index (κ1) is 23.3. The van der Waals surface area contributed by atoms with Crippen molar-refractivity contribution in [3.05, 3.63) is 47.8 Å². The van der Waals surface area contributed by atoms with E-state index in [1.807, 2.05) is 43.3 Å². The standard InChI is InChI=1S/C26H36N4O3/c1-28-18-10-4-3-5-11-19-30(26(32)22-16-17-27-29(22)2)21-13-7-9-15-24(21)33-23-14-8-6-12-20(23)25(28)31/h6,8,12,14,16-17,21,24H,3-5,7,9-11,13,15,18-19H2,1-2H3/t21-,24+/m1/s1. The largest absolute Gasteiger partial charge is 0.487 e. The Kier molecular flexibility index (Phi) is 7.68. The van der Waals surface area contributed by atoms with E-state index in [1.165, 1.54) is 0 Å². The number of amides is 2. The summed E-state index contributed by atoms with van der Waals surface area (Å²) in [7, 11) is 3.68. The van der Waals surface area contributed by atoms with Gasteiger partial charge in [-0.2, -0.15) is 5.10 Å². The molecule has 1 aliphatic carbocycles. The van der Waals surface area contributed by atoms with Gasteiger partial charge in [-0.05, 0) is 50.3 Å². The molecule has 2 aromatic rings. The van der Waals surface area contributed by atoms with Crippen LogP contribution in [0.3, 0.4) is 0 Å². The van der Waals surface area contributed by atoms with Crippen molar-refractivity contribution in [3.63, 3.8) is 0 Å². The molecule has 4 rings (SSSR count). The SMILES string of the molecule is CN1CCCCCCCN(C(=O)c2ccnn2C)[C@@H]2CCCC[C@@H]2Oc2ccccc2C1=O. The Hall–Kier alpha value is -2.83. The number of ether oxygens (including phenoxy) is 1. The Labute approximate surface area is 196 Å². The number of nitrogens with zero attached hydrogens (tertiary/aromatic N) is 4. The molecule has 0 spiro atoms. The molecular formula is C26H36N4O3. The van der Waals surface area contributed by atoms with Crippen molar-refractivity contribution in [2.75, 3.05) is 20.1 Å². The van der Waals surface area contributed by atoms with E-state index in [4.69, 9.17) is 4.74 Å². The molecule has 2 heterocycles. The Balaban J connectivity index is 1.67. The zero-order valence-corrected chi connectivity index (χ0v) is 19.9. The number of aryl methyl sites for hydroxylation is 1. The molecule has 0 unspecified atom stereocenters. The van der Waals surface area contributed by atoms with Crippen molar-refractivity contribution >= 4 is 11.8 Å². The van der Waals surface area contributed by atoms with E-state index in [9.17, 15) is 9.59 Å². The third-order valence-corrected chi connectivity index (χ3v) is 7.00. The minimum absolute atomic E-state index is 0.00403. The van der Waals surface area contributed by atoms with Crippen LogP contribution in [0.4, 0.5) is 0 Å². The maximum absolute atomic E-state index is 13.6. The van der Waals surface area contributed by atoms with Crippen LogP contribution in [0.5, 0.6) is 5.75 Å². The van der Waals surface area contributed by atoms with Gasteiger partial charge in [0.15, 0.2) is 0 Å². The highest BCUT2D eigenvalue weighted by atomic mass is 16.5. The number of carbonyl (C=O) groups is 2. The van der Waals surface area contributed by atoms with Crippen LogP contribution in [0, 0.1) is 0 Å². The lowest BCUT2D eigenvalue weighted by Gasteiger charge is -2.40. The van der Waals surface area contributed by atoms with Gasteiger partial charge in [0.25, 0.3) is 11.8 Å². The third-order valence-electron chi connectivity index (χ3n) is 7.00. The van der Waals surface area contributed by atoms with E-state index in [1.54, 1.807) is 21.8 Å². The molecule has 33 heavy (non-hydrogen) atoms. The van der Waals surface area contributed by atoms with E-state index >= 15 is 0 Å². The summed E-state index contributed by atoms with van der Waals surface area (Å²) < 4.78 is 8.21. The maximum Gasteiger partial charge on any atom is 0.272 e. The summed E-state index contributed by atoms with van der Waals surface area (Å²) in [6.45, 7) is 1.46. The molecule has 0 N–H and O–H groups in total. The number of hydrogen-bond donors (Lipinski definition) is 0. The molecule has 0 bridgehead atoms. The van der Waals surface area contributed by atoms with Gasteiger partial charge in [0.1, 0.15) is 17.5 Å². The van der Waals surface area contributed by atoms with E-state index in [0.717, 1.165) is 70.9 Å². The van der Waals surface area contributed by atoms with Gasteiger partial charge in [-0.1, -0.05) is 37.8 Å². The van der Waals surface area contributed by atoms with E-state index < -0.39 is 0 Å². The van der Waals surface area contributed by atoms with Gasteiger partial charge in [-0.15, -0.1) is 0 Å². The van der Waals surface area contributed by atoms with Gasteiger partial charge in [0.2, 0.25) is 0 Å². The first-order chi connectivity index (χ1) is 16.1. The molecule has 1 aliphatic heterocycles. The number of aromatic nitrogens is 2. The number of carbonyl (C=O) groups excluding carboxylic acids is 2. The van der Waals surface area contributed by atoms with Crippen LogP contribution in [-0.4, -0.2) is 63.7 Å². The maximum atomic E-state index is 13.6. The number of hydrogen-bond acceptors (Lipinski definition) is 4. The molecule has 7 nitrogen and oxygen atoms in total. The zero-order valence-electron chi connectivity index (χ0n) is 19.9. The van der Waals surface area contributed by atoms with Gasteiger partial charge >= 0.3 is 0 Å². The van der Waals surface area contributed by atoms with Crippen molar-refractivity contribution in [1.29, 1.82) is 0 Å². The first-order valence-electron chi connectivity index (χ1n) is 12.4. The fraction of sp³-hybridized carbons (Fsp3) is 0.577. The Morgan fingerprint density at radius 2 is 1.67 bits per heavy atom. The molecule has 0 saturated heterocycles. The summed E-state index contributed by atoms with van der Waals surface area (Å²) in [5.41, 5.74) is 1.21. The predicted octanol–water partition coefficient (Wildman–Crippen LogP) is 4.29. The average molecular weight is 453 g/mol. The number of benzene rings is 1. The molecule has 1 fully saturated rings. The van der Waals surface area contributed by atoms with Crippen LogP contribution >= 0.6 is 0 Å². The minimum atomic E-state index is -0.139. The molecule has 1 saturated carbocycles. The second-order valence-corrected chi connectivity index (χ2v) is 9.34. The lowest BCUT2D eigenvalue weighted by atomic mass is 9.90. The number of fused-ring (bicyclic) bond motifs is 2. The highest BCUT2D eigenvalue weighted by Gasteiger charge is 2.36. The van der Waals surface area contributed by atoms with Gasteiger partial charge in [0.05, 0.1) is 11.6 Å². The minimum Gasteiger partial charge on any atom is -0.487 e. The Bertz CT molecular complexity index is 957. The lowest BCUT2D eigenvalue weighted by molar-refractivity contribution is 0.0263. The summed E-state index contributed by atoms with van der Waals surface area (Å²) in [4.78, 5) is 30.6. The highest BCUT2D eigenvalue weighted by Crippen LogP contribution is 2.31. The molecule has 7 heteroatoms. The second-order valence-electron chi connectivity index (χ2n) is 9.34. The van der Waals surface area contributed by atoms with E-state index in [2.05, 4.69) is 5.10 Å². The van der Waals surface area contributed by atoms with Crippen LogP contribution in [-0.2, 0) is 7.05 Å². The number of rotatable bonds is 1. The molecule has 1 aromatic carbocycles. The summed E-state index contributed by atoms with van der Waals surface area (Å²) in [6, 6.07) is 9.31. The lowest BCUT2D eigenvalue weighted by Crippen LogP contribution is -2.51. The molecule has 2 aliphatic rings. The summed E-state index contributed by atoms with van der Waals surface area (Å²) >= 11 is 0. The quantitative estimate of drug-likeness (QED) is 0.647. The van der Waals surface area contributed by atoms with E-state index in [-0.39, 0.29) is 24.0 Å². The molecule has 2 amide bonds. The van der Waals surface area contributed by atoms with Gasteiger partial charge in [0, 0.05) is 33.4 Å². The predicted molar refractivity (Wildman–Crippen MR) is 127 cm³/mol. The van der Waals surface area contributed by atoms with Crippen LogP contribution in [0.25, 0.3) is 0 Å². The van der Waals surface area contributed by atoms with Crippen LogP contribution in [0.15, 0.2) is 36.5 Å². The van der Waals surface area contributed by atoms with Crippen molar-refractivity contribution in [2.24, 2.45) is 7.05 Å². The fourth-order valence-electron chi connectivity index (χ4n) is 5.10. The van der Waals surface area contributed by atoms with Gasteiger partial charge in [-0.3, -0.25) is 14.3 Å². The normalized spacial score (nSPS) is 23.0. The van der Waals surface area contributed by atoms with Gasteiger partial charge < -0.3 is 14.5 Å². The van der Waals surface area contributed by atoms with Crippen molar-refractivity contribution in [3.8, 4) is 5.75 Å². The zero-order chi connectivity index (χ0) is 23.2. The highest BCUT2D eigenvalue weighted by molar-refractivity contribution is 5.96. The Morgan fingerprint density at radius 1 is 0.939 bits per heavy atom. The summed E-state index contributed by atoms with van der Waals surface area (Å²) in [5.74, 6) is 0.633. The van der Waals surface area contributed by atoms with Gasteiger partial charge in [-0.25, -0.2) is 0 Å². The summed E-state index contributed by atoms with van der Waals surface area (Å²) in [5, 5.41) is 4.21. The molecule has 178 valence electrons. The van der Waals surface area contributed by atoms with Crippen molar-refractivity contribution < 1.29 is 14.3 Å². The van der Waals surface area contributed by atoms with E-state index in [0.29, 0.717) is 17.0 Å². The molecule has 1 aromatic heterocycles. The van der Waals surface area contributed by atoms with Crippen molar-refractivity contribution in [1.82, 2.24) is 19.6 Å². The smallest absolute Gasteiger partial charge is 0.272 e. The Morgan fingerprint density at radius 3 is 2.45 bits per heavy atom. The second kappa shape index (κ2) is 10.9. The molecule has 2 atom stereocenters. The van der Waals surface area contributed by atoms with Crippen LogP contribution in [0.2, 0.25) is 0 Å². The number of para-hydroxylation sites is 1. The van der Waals surface area contributed by atoms with Crippen molar-refractivity contribution in [2.45, 2.75) is 69.9 Å². The first-order valence-corrected chi connectivity index (χ1v) is 12.4. The topological polar surface area (TPSA) is 67.7 Å². The third kappa shape index (κ3) is 5.40.